The van der Waals surface area contributed by atoms with Crippen LogP contribution in [-0.4, -0.2) is 11.5 Å². The van der Waals surface area contributed by atoms with Crippen LogP contribution in [0.25, 0.3) is 0 Å². The summed E-state index contributed by atoms with van der Waals surface area (Å²) in [6.07, 6.45) is 2.17. The van der Waals surface area contributed by atoms with Crippen LogP contribution in [0.4, 0.5) is 0 Å². The maximum atomic E-state index is 5.87. The Balaban J connectivity index is 2.07. The second kappa shape index (κ2) is 7.79. The van der Waals surface area contributed by atoms with Crippen molar-refractivity contribution in [3.8, 4) is 11.6 Å². The zero-order valence-electron chi connectivity index (χ0n) is 13.1. The van der Waals surface area contributed by atoms with E-state index in [0.717, 1.165) is 37.4 Å². The Hall–Kier alpha value is -1.87. The highest BCUT2D eigenvalue weighted by Crippen LogP contribution is 2.21. The van der Waals surface area contributed by atoms with Crippen molar-refractivity contribution in [1.82, 2.24) is 10.3 Å². The number of aryl methyl sites for hydroxylation is 2. The Labute approximate surface area is 127 Å². The molecule has 0 amide bonds. The van der Waals surface area contributed by atoms with Crippen molar-refractivity contribution in [3.05, 3.63) is 53.2 Å². The molecule has 0 aliphatic heterocycles. The van der Waals surface area contributed by atoms with Crippen LogP contribution in [0, 0.1) is 6.92 Å². The fourth-order valence-corrected chi connectivity index (χ4v) is 2.18. The van der Waals surface area contributed by atoms with Crippen molar-refractivity contribution in [2.75, 3.05) is 6.54 Å². The van der Waals surface area contributed by atoms with Gasteiger partial charge in [-0.3, -0.25) is 0 Å². The third kappa shape index (κ3) is 4.87. The van der Waals surface area contributed by atoms with Gasteiger partial charge < -0.3 is 10.1 Å². The van der Waals surface area contributed by atoms with Gasteiger partial charge in [0.2, 0.25) is 5.88 Å². The molecule has 112 valence electrons. The average molecular weight is 284 g/mol. The van der Waals surface area contributed by atoms with Crippen LogP contribution in [0.3, 0.4) is 0 Å². The maximum absolute atomic E-state index is 5.87. The predicted octanol–water partition coefficient (Wildman–Crippen LogP) is 4.24. The highest BCUT2D eigenvalue weighted by Gasteiger charge is 2.03. The highest BCUT2D eigenvalue weighted by molar-refractivity contribution is 5.32. The number of nitrogens with one attached hydrogen (secondary N) is 1. The molecule has 3 heteroatoms. The Kier molecular flexibility index (Phi) is 5.76. The van der Waals surface area contributed by atoms with Crippen molar-refractivity contribution in [3.63, 3.8) is 0 Å². The van der Waals surface area contributed by atoms with Gasteiger partial charge in [-0.2, -0.15) is 0 Å². The minimum absolute atomic E-state index is 0.660. The van der Waals surface area contributed by atoms with Crippen LogP contribution in [0.1, 0.15) is 37.1 Å². The second-order valence-corrected chi connectivity index (χ2v) is 5.23. The zero-order chi connectivity index (χ0) is 15.1. The van der Waals surface area contributed by atoms with Crippen molar-refractivity contribution in [2.24, 2.45) is 0 Å². The summed E-state index contributed by atoms with van der Waals surface area (Å²) < 4.78 is 5.87. The summed E-state index contributed by atoms with van der Waals surface area (Å²) in [4.78, 5) is 4.45. The van der Waals surface area contributed by atoms with Crippen LogP contribution in [0.5, 0.6) is 11.6 Å². The Bertz CT molecular complexity index is 564. The molecule has 0 fully saturated rings. The number of rotatable bonds is 7. The molecule has 2 aromatic rings. The minimum atomic E-state index is 0.660. The SMILES string of the molecule is CCCNCc1cc(C)nc(Oc2ccc(CC)cc2)c1. The molecule has 1 aromatic heterocycles. The number of benzene rings is 1. The van der Waals surface area contributed by atoms with Gasteiger partial charge in [-0.05, 0) is 55.6 Å². The van der Waals surface area contributed by atoms with Crippen LogP contribution >= 0.6 is 0 Å². The van der Waals surface area contributed by atoms with Gasteiger partial charge in [0.15, 0.2) is 0 Å². The molecule has 3 nitrogen and oxygen atoms in total. The Morgan fingerprint density at radius 3 is 2.48 bits per heavy atom. The summed E-state index contributed by atoms with van der Waals surface area (Å²) in [5.41, 5.74) is 3.49. The lowest BCUT2D eigenvalue weighted by Gasteiger charge is -2.09. The van der Waals surface area contributed by atoms with Gasteiger partial charge in [-0.1, -0.05) is 26.0 Å². The fraction of sp³-hybridized carbons (Fsp3) is 0.389. The number of nitrogens with zero attached hydrogens (tertiary/aromatic N) is 1. The van der Waals surface area contributed by atoms with Gasteiger partial charge in [0.05, 0.1) is 0 Å². The summed E-state index contributed by atoms with van der Waals surface area (Å²) in [7, 11) is 0. The lowest BCUT2D eigenvalue weighted by atomic mass is 10.2. The number of pyridine rings is 1. The second-order valence-electron chi connectivity index (χ2n) is 5.23. The first-order chi connectivity index (χ1) is 10.2. The van der Waals surface area contributed by atoms with E-state index in [4.69, 9.17) is 4.74 Å². The van der Waals surface area contributed by atoms with Gasteiger partial charge in [-0.25, -0.2) is 4.98 Å². The van der Waals surface area contributed by atoms with Crippen LogP contribution < -0.4 is 10.1 Å². The van der Waals surface area contributed by atoms with E-state index in [0.29, 0.717) is 5.88 Å². The highest BCUT2D eigenvalue weighted by atomic mass is 16.5. The maximum Gasteiger partial charge on any atom is 0.219 e. The number of aromatic nitrogens is 1. The van der Waals surface area contributed by atoms with Crippen molar-refractivity contribution in [1.29, 1.82) is 0 Å². The molecule has 0 radical (unpaired) electrons. The molecule has 0 saturated heterocycles. The molecular formula is C18H24N2O. The molecule has 0 bridgehead atoms. The largest absolute Gasteiger partial charge is 0.439 e. The van der Waals surface area contributed by atoms with Crippen LogP contribution in [-0.2, 0) is 13.0 Å². The molecule has 1 N–H and O–H groups in total. The lowest BCUT2D eigenvalue weighted by molar-refractivity contribution is 0.460. The van der Waals surface area contributed by atoms with Gasteiger partial charge in [0.25, 0.3) is 0 Å². The molecular weight excluding hydrogens is 260 g/mol. The summed E-state index contributed by atoms with van der Waals surface area (Å²) in [6, 6.07) is 12.3. The van der Waals surface area contributed by atoms with Gasteiger partial charge in [0.1, 0.15) is 5.75 Å². The molecule has 0 spiro atoms. The monoisotopic (exact) mass is 284 g/mol. The number of hydrogen-bond donors (Lipinski definition) is 1. The first-order valence-corrected chi connectivity index (χ1v) is 7.66. The Morgan fingerprint density at radius 1 is 1.05 bits per heavy atom. The zero-order valence-corrected chi connectivity index (χ0v) is 13.1. The first kappa shape index (κ1) is 15.5. The quantitative estimate of drug-likeness (QED) is 0.772. The molecule has 1 aromatic carbocycles. The summed E-state index contributed by atoms with van der Waals surface area (Å²) in [5.74, 6) is 1.49. The minimum Gasteiger partial charge on any atom is -0.439 e. The molecule has 0 unspecified atom stereocenters. The molecule has 0 atom stereocenters. The third-order valence-electron chi connectivity index (χ3n) is 3.30. The molecule has 21 heavy (non-hydrogen) atoms. The molecule has 2 rings (SSSR count). The number of hydrogen-bond acceptors (Lipinski definition) is 3. The van der Waals surface area contributed by atoms with Gasteiger partial charge >= 0.3 is 0 Å². The summed E-state index contributed by atoms with van der Waals surface area (Å²) >= 11 is 0. The first-order valence-electron chi connectivity index (χ1n) is 7.66. The smallest absolute Gasteiger partial charge is 0.219 e. The van der Waals surface area contributed by atoms with E-state index < -0.39 is 0 Å². The van der Waals surface area contributed by atoms with Crippen molar-refractivity contribution in [2.45, 2.75) is 40.2 Å². The average Bonchev–Trinajstić information content (AvgIpc) is 2.48. The van der Waals surface area contributed by atoms with E-state index in [2.05, 4.69) is 42.3 Å². The molecule has 0 aliphatic carbocycles. The van der Waals surface area contributed by atoms with Gasteiger partial charge in [-0.15, -0.1) is 0 Å². The molecule has 1 heterocycles. The Morgan fingerprint density at radius 2 is 1.81 bits per heavy atom. The van der Waals surface area contributed by atoms with Crippen LogP contribution in [0.15, 0.2) is 36.4 Å². The molecule has 0 aliphatic rings. The molecule has 0 saturated carbocycles. The van der Waals surface area contributed by atoms with Crippen LogP contribution in [0.2, 0.25) is 0 Å². The van der Waals surface area contributed by atoms with E-state index in [1.165, 1.54) is 11.1 Å². The van der Waals surface area contributed by atoms with E-state index in [1.54, 1.807) is 0 Å². The van der Waals surface area contributed by atoms with Crippen molar-refractivity contribution >= 4 is 0 Å². The predicted molar refractivity (Wildman–Crippen MR) is 86.9 cm³/mol. The topological polar surface area (TPSA) is 34.2 Å². The number of ether oxygens (including phenoxy) is 1. The third-order valence-corrected chi connectivity index (χ3v) is 3.30. The lowest BCUT2D eigenvalue weighted by Crippen LogP contribution is -2.14. The fourth-order valence-electron chi connectivity index (χ4n) is 2.18. The normalized spacial score (nSPS) is 10.6. The van der Waals surface area contributed by atoms with Crippen molar-refractivity contribution < 1.29 is 4.74 Å². The van der Waals surface area contributed by atoms with E-state index in [-0.39, 0.29) is 0 Å². The summed E-state index contributed by atoms with van der Waals surface area (Å²) in [5, 5.41) is 3.40. The summed E-state index contributed by atoms with van der Waals surface area (Å²) in [6.45, 7) is 8.18. The van der Waals surface area contributed by atoms with E-state index in [1.807, 2.05) is 25.1 Å². The van der Waals surface area contributed by atoms with E-state index in [9.17, 15) is 0 Å². The standard InChI is InChI=1S/C18H24N2O/c1-4-10-19-13-16-11-14(3)20-18(12-16)21-17-8-6-15(5-2)7-9-17/h6-9,11-12,19H,4-5,10,13H2,1-3H3. The van der Waals surface area contributed by atoms with E-state index >= 15 is 0 Å². The van der Waals surface area contributed by atoms with Gasteiger partial charge in [0, 0.05) is 18.3 Å².